The van der Waals surface area contributed by atoms with Crippen molar-refractivity contribution in [3.8, 4) is 0 Å². The van der Waals surface area contributed by atoms with Gasteiger partial charge in [0.25, 0.3) is 5.91 Å². The van der Waals surface area contributed by atoms with E-state index < -0.39 is 6.04 Å². The summed E-state index contributed by atoms with van der Waals surface area (Å²) in [7, 11) is 0. The second kappa shape index (κ2) is 9.28. The first-order valence-electron chi connectivity index (χ1n) is 11.8. The number of carbonyl (C=O) groups excluding carboxylic acids is 3. The maximum atomic E-state index is 13.2. The van der Waals surface area contributed by atoms with E-state index in [4.69, 9.17) is 0 Å². The Hall–Kier alpha value is -2.57. The highest BCUT2D eigenvalue weighted by molar-refractivity contribution is 6.05. The van der Waals surface area contributed by atoms with Gasteiger partial charge in [-0.3, -0.25) is 9.69 Å². The van der Waals surface area contributed by atoms with Crippen LogP contribution in [0.2, 0.25) is 0 Å². The molecule has 3 fully saturated rings. The van der Waals surface area contributed by atoms with Crippen molar-refractivity contribution in [2.24, 2.45) is 0 Å². The van der Waals surface area contributed by atoms with E-state index in [2.05, 4.69) is 26.0 Å². The Morgan fingerprint density at radius 1 is 1.03 bits per heavy atom. The molecule has 0 aromatic heterocycles. The van der Waals surface area contributed by atoms with Crippen molar-refractivity contribution in [3.05, 3.63) is 35.9 Å². The van der Waals surface area contributed by atoms with Gasteiger partial charge in [0, 0.05) is 38.1 Å². The third-order valence-electron chi connectivity index (χ3n) is 6.77. The number of hydrogen-bond acceptors (Lipinski definition) is 3. The number of unbranched alkanes of at least 4 members (excludes halogenated alkanes) is 2. The summed E-state index contributed by atoms with van der Waals surface area (Å²) in [6.07, 6.45) is 4.86. The number of amides is 5. The molecule has 2 heterocycles. The molecule has 0 spiro atoms. The molecule has 2 aliphatic heterocycles. The molecule has 1 aromatic carbocycles. The summed E-state index contributed by atoms with van der Waals surface area (Å²) in [5.74, 6) is 0.0892. The average molecular weight is 427 g/mol. The van der Waals surface area contributed by atoms with Gasteiger partial charge in [0.1, 0.15) is 6.04 Å². The highest BCUT2D eigenvalue weighted by Gasteiger charge is 2.56. The fourth-order valence-corrected chi connectivity index (χ4v) is 4.82. The van der Waals surface area contributed by atoms with Crippen LogP contribution in [0.4, 0.5) is 9.59 Å². The zero-order valence-electron chi connectivity index (χ0n) is 18.7. The molecule has 31 heavy (non-hydrogen) atoms. The Morgan fingerprint density at radius 2 is 1.71 bits per heavy atom. The van der Waals surface area contributed by atoms with Gasteiger partial charge in [0.05, 0.1) is 6.54 Å². The number of fused-ring (bicyclic) bond motifs is 1. The first kappa shape index (κ1) is 21.7. The fraction of sp³-hybridized carbons (Fsp3) is 0.625. The number of urea groups is 2. The topological polar surface area (TPSA) is 64.2 Å². The van der Waals surface area contributed by atoms with E-state index in [1.165, 1.54) is 10.5 Å². The summed E-state index contributed by atoms with van der Waals surface area (Å²) >= 11 is 0. The van der Waals surface area contributed by atoms with E-state index in [0.717, 1.165) is 45.2 Å². The van der Waals surface area contributed by atoms with Crippen molar-refractivity contribution in [2.45, 2.75) is 64.0 Å². The Balaban J connectivity index is 1.41. The Labute approximate surface area is 185 Å². The highest BCUT2D eigenvalue weighted by atomic mass is 16.2. The lowest BCUT2D eigenvalue weighted by Crippen LogP contribution is -2.57. The van der Waals surface area contributed by atoms with Gasteiger partial charge in [-0.1, -0.05) is 57.0 Å². The molecule has 1 unspecified atom stereocenters. The van der Waals surface area contributed by atoms with Crippen LogP contribution in [0.1, 0.15) is 57.4 Å². The predicted molar refractivity (Wildman–Crippen MR) is 119 cm³/mol. The molecule has 7 nitrogen and oxygen atoms in total. The van der Waals surface area contributed by atoms with Gasteiger partial charge < -0.3 is 14.7 Å². The van der Waals surface area contributed by atoms with Crippen LogP contribution in [-0.4, -0.2) is 82.4 Å². The average Bonchev–Trinajstić information content (AvgIpc) is 3.54. The van der Waals surface area contributed by atoms with Crippen molar-refractivity contribution in [2.75, 3.05) is 32.7 Å². The first-order chi connectivity index (χ1) is 15.1. The molecule has 0 N–H and O–H groups in total. The molecule has 1 aromatic rings. The highest BCUT2D eigenvalue weighted by Crippen LogP contribution is 2.46. The van der Waals surface area contributed by atoms with Gasteiger partial charge in [0.2, 0.25) is 0 Å². The fourth-order valence-electron chi connectivity index (χ4n) is 4.82. The molecule has 2 saturated heterocycles. The normalized spacial score (nSPS) is 25.1. The van der Waals surface area contributed by atoms with Gasteiger partial charge >= 0.3 is 12.1 Å². The second-order valence-electron chi connectivity index (χ2n) is 8.94. The molecule has 4 rings (SSSR count). The van der Waals surface area contributed by atoms with Crippen LogP contribution in [0.3, 0.4) is 0 Å². The molecule has 0 radical (unpaired) electrons. The van der Waals surface area contributed by atoms with E-state index in [0.29, 0.717) is 19.6 Å². The molecule has 1 aliphatic carbocycles. The lowest BCUT2D eigenvalue weighted by molar-refractivity contribution is -0.129. The second-order valence-corrected chi connectivity index (χ2v) is 8.94. The summed E-state index contributed by atoms with van der Waals surface area (Å²) in [4.78, 5) is 46.3. The van der Waals surface area contributed by atoms with Crippen molar-refractivity contribution in [1.29, 1.82) is 0 Å². The van der Waals surface area contributed by atoms with Gasteiger partial charge in [-0.2, -0.15) is 0 Å². The molecule has 5 amide bonds. The van der Waals surface area contributed by atoms with Crippen LogP contribution in [0, 0.1) is 0 Å². The van der Waals surface area contributed by atoms with Crippen LogP contribution in [0.25, 0.3) is 0 Å². The minimum absolute atomic E-state index is 0.00818. The maximum absolute atomic E-state index is 13.2. The van der Waals surface area contributed by atoms with Crippen LogP contribution < -0.4 is 0 Å². The van der Waals surface area contributed by atoms with Gasteiger partial charge in [-0.05, 0) is 24.8 Å². The van der Waals surface area contributed by atoms with Crippen LogP contribution in [0.5, 0.6) is 0 Å². The molecular weight excluding hydrogens is 392 g/mol. The maximum Gasteiger partial charge on any atom is 0.327 e. The largest absolute Gasteiger partial charge is 0.327 e. The lowest BCUT2D eigenvalue weighted by atomic mass is 10.1. The molecule has 1 saturated carbocycles. The standard InChI is InChI=1S/C24H34N4O3/c1-3-5-12-25(13-6-4-2)23(30)26-14-15-27-21(17-26)22(29)28(24(27)31)20-16-19(20)18-10-8-7-9-11-18/h7-11,19-21H,3-6,12-17H2,1-2H3/t19-,20+,21?/m1/s1. The predicted octanol–water partition coefficient (Wildman–Crippen LogP) is 3.51. The minimum Gasteiger partial charge on any atom is -0.325 e. The monoisotopic (exact) mass is 426 g/mol. The molecular formula is C24H34N4O3. The van der Waals surface area contributed by atoms with Crippen LogP contribution >= 0.6 is 0 Å². The van der Waals surface area contributed by atoms with E-state index in [1.807, 2.05) is 23.1 Å². The van der Waals surface area contributed by atoms with Crippen molar-refractivity contribution >= 4 is 18.0 Å². The Kier molecular flexibility index (Phi) is 6.49. The molecule has 3 atom stereocenters. The summed E-state index contributed by atoms with van der Waals surface area (Å²) < 4.78 is 0. The zero-order valence-corrected chi connectivity index (χ0v) is 18.7. The van der Waals surface area contributed by atoms with E-state index in [-0.39, 0.29) is 29.9 Å². The third-order valence-corrected chi connectivity index (χ3v) is 6.77. The van der Waals surface area contributed by atoms with E-state index >= 15 is 0 Å². The zero-order chi connectivity index (χ0) is 22.0. The third kappa shape index (κ3) is 4.27. The van der Waals surface area contributed by atoms with Crippen molar-refractivity contribution < 1.29 is 14.4 Å². The van der Waals surface area contributed by atoms with Gasteiger partial charge in [-0.25, -0.2) is 9.59 Å². The molecule has 168 valence electrons. The number of carbonyl (C=O) groups is 3. The number of rotatable bonds is 8. The number of hydrogen-bond donors (Lipinski definition) is 0. The van der Waals surface area contributed by atoms with Crippen LogP contribution in [-0.2, 0) is 4.79 Å². The number of piperazine rings is 1. The van der Waals surface area contributed by atoms with E-state index in [9.17, 15) is 14.4 Å². The van der Waals surface area contributed by atoms with Gasteiger partial charge in [0.15, 0.2) is 0 Å². The Bertz CT molecular complexity index is 806. The number of imide groups is 1. The first-order valence-corrected chi connectivity index (χ1v) is 11.8. The molecule has 3 aliphatic rings. The van der Waals surface area contributed by atoms with Crippen LogP contribution in [0.15, 0.2) is 30.3 Å². The summed E-state index contributed by atoms with van der Waals surface area (Å²) in [5.41, 5.74) is 1.18. The summed E-state index contributed by atoms with van der Waals surface area (Å²) in [6, 6.07) is 9.32. The minimum atomic E-state index is -0.540. The number of benzene rings is 1. The summed E-state index contributed by atoms with van der Waals surface area (Å²) in [6.45, 7) is 6.97. The lowest BCUT2D eigenvalue weighted by Gasteiger charge is -2.38. The number of nitrogens with zero attached hydrogens (tertiary/aromatic N) is 4. The summed E-state index contributed by atoms with van der Waals surface area (Å²) in [5, 5.41) is 0. The van der Waals surface area contributed by atoms with Crippen molar-refractivity contribution in [1.82, 2.24) is 19.6 Å². The van der Waals surface area contributed by atoms with Crippen molar-refractivity contribution in [3.63, 3.8) is 0 Å². The smallest absolute Gasteiger partial charge is 0.325 e. The van der Waals surface area contributed by atoms with Gasteiger partial charge in [-0.15, -0.1) is 0 Å². The Morgan fingerprint density at radius 3 is 2.35 bits per heavy atom. The SMILES string of the molecule is CCCCN(CCCC)C(=O)N1CCN2C(=O)N([C@H]3C[C@@H]3c3ccccc3)C(=O)C2C1. The molecule has 0 bridgehead atoms. The quantitative estimate of drug-likeness (QED) is 0.598. The molecule has 7 heteroatoms. The van der Waals surface area contributed by atoms with E-state index in [1.54, 1.807) is 9.80 Å².